The van der Waals surface area contributed by atoms with Crippen LogP contribution in [0.2, 0.25) is 0 Å². The van der Waals surface area contributed by atoms with Crippen molar-refractivity contribution < 1.29 is 16.8 Å². The second kappa shape index (κ2) is 56.2. The molecule has 5 radical (unpaired) electrons. The Bertz CT molecular complexity index is 105. The third kappa shape index (κ3) is 74.2. The van der Waals surface area contributed by atoms with E-state index in [0.29, 0.717) is 90.0 Å². The number of rotatable bonds is 3. The van der Waals surface area contributed by atoms with E-state index in [0.717, 1.165) is 0 Å². The second-order valence-corrected chi connectivity index (χ2v) is 44.7. The van der Waals surface area contributed by atoms with Crippen molar-refractivity contribution in [3.05, 3.63) is 0 Å². The maximum atomic E-state index is 4.90. The van der Waals surface area contributed by atoms with Crippen molar-refractivity contribution in [2.24, 2.45) is 34.4 Å². The standard InChI is InChI=1S/3C2H8N2.Co.GeS2.3H2S.S.2Sb/c3*3-1-2-4;;2-1-3;;;;;;/h3*1-4H2;;;3*1H2;;;/q;;;+2;-2;;;;;2*+1/p-3. The summed E-state index contributed by atoms with van der Waals surface area (Å²) in [5.41, 5.74) is 29.4. The fourth-order valence-electron chi connectivity index (χ4n) is 0.0940. The van der Waals surface area contributed by atoms with E-state index in [1.165, 1.54) is 0 Å². The van der Waals surface area contributed by atoms with Gasteiger partial charge in [-0.3, -0.25) is 0 Å². The van der Waals surface area contributed by atoms with Crippen molar-refractivity contribution in [2.75, 3.05) is 39.3 Å². The molecule has 0 aromatic carbocycles. The molecule has 22 heavy (non-hydrogen) atoms. The van der Waals surface area contributed by atoms with Crippen LogP contribution in [0.1, 0.15) is 0 Å². The average Bonchev–Trinajstić information content (AvgIpc) is 2.49. The van der Waals surface area contributed by atoms with E-state index < -0.39 is 0 Å². The Kier molecular flexibility index (Phi) is 116. The van der Waals surface area contributed by atoms with Gasteiger partial charge in [0.2, 0.25) is 0 Å². The first-order valence-electron chi connectivity index (χ1n) is 5.09. The van der Waals surface area contributed by atoms with Crippen LogP contribution < -0.4 is 34.4 Å². The molecule has 0 atom stereocenters. The number of hydrogen-bond acceptors (Lipinski definition) is 12. The number of thiol groups is 3. The van der Waals surface area contributed by atoms with Gasteiger partial charge >= 0.3 is 87.8 Å². The zero-order valence-corrected chi connectivity index (χ0v) is 25.4. The van der Waals surface area contributed by atoms with Crippen LogP contribution in [-0.2, 0) is 57.3 Å². The minimum atomic E-state index is 0. The fourth-order valence-corrected chi connectivity index (χ4v) is 150. The van der Waals surface area contributed by atoms with Crippen LogP contribution in [0.25, 0.3) is 0 Å². The summed E-state index contributed by atoms with van der Waals surface area (Å²) >= 11 is 1.28. The summed E-state index contributed by atoms with van der Waals surface area (Å²) < 4.78 is 0. The zero-order chi connectivity index (χ0) is 14.5. The molecule has 12 N–H and O–H groups in total. The Morgan fingerprint density at radius 2 is 0.818 bits per heavy atom. The molecule has 1 aliphatic rings. The molecule has 1 rings (SSSR count). The van der Waals surface area contributed by atoms with Crippen molar-refractivity contribution in [3.8, 4) is 0 Å². The molecule has 0 aliphatic carbocycles. The van der Waals surface area contributed by atoms with Crippen molar-refractivity contribution in [3.63, 3.8) is 0 Å². The Balaban J connectivity index is -0.0000000262. The van der Waals surface area contributed by atoms with Crippen LogP contribution in [-0.4, -0.2) is 90.0 Å². The second-order valence-electron chi connectivity index (χ2n) is 2.23. The molecule has 1 fully saturated rings. The first-order valence-corrected chi connectivity index (χ1v) is 25.0. The van der Waals surface area contributed by atoms with Crippen LogP contribution in [0.4, 0.5) is 0 Å². The van der Waals surface area contributed by atoms with E-state index in [9.17, 15) is 0 Å². The number of nitrogens with two attached hydrogens (primary N) is 6. The molecule has 0 saturated carbocycles. The zero-order valence-electron chi connectivity index (χ0n) is 12.0. The van der Waals surface area contributed by atoms with Gasteiger partial charge < -0.3 is 74.9 Å². The molecule has 1 heterocycles. The Morgan fingerprint density at radius 3 is 0.864 bits per heavy atom. The summed E-state index contributed by atoms with van der Waals surface area (Å²) in [4.78, 5) is 0. The molecule has 0 unspecified atom stereocenters. The Hall–Kier alpha value is 4.55. The molecule has 141 valence electrons. The Morgan fingerprint density at radius 1 is 0.591 bits per heavy atom. The van der Waals surface area contributed by atoms with Crippen molar-refractivity contribution in [1.82, 2.24) is 0 Å². The van der Waals surface area contributed by atoms with Crippen molar-refractivity contribution in [2.45, 2.75) is 0 Å². The molecule has 0 spiro atoms. The average molecular weight is 751 g/mol. The monoisotopic (exact) mass is 750 g/mol. The summed E-state index contributed by atoms with van der Waals surface area (Å²) in [5, 5.41) is 0. The molecule has 0 aromatic heterocycles. The SMILES string of the molecule is NCCN.NCCN.NCCN.[Co+2].[SH-].[SH-].[SH-].[S]1[Ge][S][Sb][S][Sb]1. The van der Waals surface area contributed by atoms with E-state index in [2.05, 4.69) is 20.3 Å². The number of hydrogen-bond donors (Lipinski definition) is 6. The van der Waals surface area contributed by atoms with Gasteiger partial charge in [-0.15, -0.1) is 0 Å². The van der Waals surface area contributed by atoms with E-state index in [1.807, 2.05) is 0 Å². The van der Waals surface area contributed by atoms with Gasteiger partial charge in [-0.25, -0.2) is 0 Å². The van der Waals surface area contributed by atoms with Gasteiger partial charge in [0, 0.05) is 39.3 Å². The van der Waals surface area contributed by atoms with E-state index in [4.69, 9.17) is 34.4 Å². The quantitative estimate of drug-likeness (QED) is 0.0974. The van der Waals surface area contributed by atoms with Crippen LogP contribution in [0.15, 0.2) is 0 Å². The van der Waals surface area contributed by atoms with E-state index in [1.54, 1.807) is 0 Å². The molecule has 1 saturated heterocycles. The summed E-state index contributed by atoms with van der Waals surface area (Å²) in [6.45, 7) is 3.58. The van der Waals surface area contributed by atoms with Crippen LogP contribution in [0.3, 0.4) is 0 Å². The van der Waals surface area contributed by atoms with Gasteiger partial charge in [-0.05, 0) is 0 Å². The first-order chi connectivity index (χ1) is 8.74. The fraction of sp³-hybridized carbons (Fsp3) is 1.00. The van der Waals surface area contributed by atoms with Crippen molar-refractivity contribution in [1.29, 1.82) is 0 Å². The molecule has 1 aliphatic heterocycles. The maximum absolute atomic E-state index is 4.90. The third-order valence-electron chi connectivity index (χ3n) is 0.716. The van der Waals surface area contributed by atoms with E-state index in [-0.39, 0.29) is 57.3 Å². The summed E-state index contributed by atoms with van der Waals surface area (Å²) in [7, 11) is 4.67. The van der Waals surface area contributed by atoms with Crippen molar-refractivity contribution >= 4 is 112 Å². The van der Waals surface area contributed by atoms with Gasteiger partial charge in [0.15, 0.2) is 0 Å². The first kappa shape index (κ1) is 45.3. The van der Waals surface area contributed by atoms with Gasteiger partial charge in [0.1, 0.15) is 0 Å². The molecule has 0 aromatic rings. The van der Waals surface area contributed by atoms with Gasteiger partial charge in [-0.2, -0.15) is 0 Å². The normalized spacial score (nSPS) is 10.6. The van der Waals surface area contributed by atoms with Crippen LogP contribution in [0.5, 0.6) is 0 Å². The van der Waals surface area contributed by atoms with Crippen LogP contribution in [0, 0.1) is 0 Å². The summed E-state index contributed by atoms with van der Waals surface area (Å²) in [6, 6.07) is 0. The molecular formula is C6H27CoGeN6S6Sb2-. The van der Waals surface area contributed by atoms with Gasteiger partial charge in [0.25, 0.3) is 0 Å². The molecule has 6 nitrogen and oxygen atoms in total. The predicted octanol–water partition coefficient (Wildman–Crippen LogP) is -3.30. The topological polar surface area (TPSA) is 156 Å². The Labute approximate surface area is 198 Å². The molecule has 0 bridgehead atoms. The third-order valence-corrected chi connectivity index (χ3v) is 74.3. The molecular weight excluding hydrogens is 724 g/mol. The van der Waals surface area contributed by atoms with Crippen LogP contribution >= 0.6 is 20.3 Å². The van der Waals surface area contributed by atoms with Gasteiger partial charge in [0.05, 0.1) is 0 Å². The summed E-state index contributed by atoms with van der Waals surface area (Å²) in [5.74, 6) is 2.35. The van der Waals surface area contributed by atoms with E-state index >= 15 is 0 Å². The minimum absolute atomic E-state index is 0. The summed E-state index contributed by atoms with van der Waals surface area (Å²) in [6.07, 6.45) is 0. The van der Waals surface area contributed by atoms with Gasteiger partial charge in [-0.1, -0.05) is 0 Å². The molecule has 0 amide bonds. The molecule has 16 heteroatoms. The predicted molar refractivity (Wildman–Crippen MR) is 121 cm³/mol.